The quantitative estimate of drug-likeness (QED) is 0.436. The molecule has 3 rings (SSSR count). The fraction of sp³-hybridized carbons (Fsp3) is 0.875. The van der Waals surface area contributed by atoms with Crippen molar-refractivity contribution in [2.45, 2.75) is 30.0 Å². The van der Waals surface area contributed by atoms with E-state index in [-0.39, 0.29) is 12.4 Å². The van der Waals surface area contributed by atoms with Gasteiger partial charge < -0.3 is 24.8 Å². The van der Waals surface area contributed by atoms with E-state index in [1.54, 1.807) is 0 Å². The summed E-state index contributed by atoms with van der Waals surface area (Å²) in [6.45, 7) is -0.415. The lowest BCUT2D eigenvalue weighted by Gasteiger charge is -2.40. The molecule has 9 heteroatoms. The van der Waals surface area contributed by atoms with Crippen LogP contribution < -0.4 is 0 Å². The van der Waals surface area contributed by atoms with Crippen LogP contribution in [0.4, 0.5) is 0 Å². The zero-order valence-electron chi connectivity index (χ0n) is 8.72. The largest absolute Gasteiger partial charge is 0.393 e. The van der Waals surface area contributed by atoms with Gasteiger partial charge in [-0.2, -0.15) is 5.21 Å². The van der Waals surface area contributed by atoms with Gasteiger partial charge in [-0.25, -0.2) is 0 Å². The van der Waals surface area contributed by atoms with E-state index in [2.05, 4.69) is 20.6 Å². The Morgan fingerprint density at radius 3 is 2.94 bits per heavy atom. The van der Waals surface area contributed by atoms with Crippen molar-refractivity contribution in [3.63, 3.8) is 0 Å². The van der Waals surface area contributed by atoms with E-state index in [0.717, 1.165) is 0 Å². The number of ether oxygens (including phenoxy) is 2. The number of nitrogens with one attached hydrogen (secondary N) is 1. The Balaban J connectivity index is 1.94. The molecule has 0 radical (unpaired) electrons. The Hall–Kier alpha value is -1.13. The van der Waals surface area contributed by atoms with Gasteiger partial charge >= 0.3 is 0 Å². The number of hydrogen-bond acceptors (Lipinski definition) is 8. The van der Waals surface area contributed by atoms with E-state index in [4.69, 9.17) is 9.47 Å². The lowest BCUT2D eigenvalue weighted by Crippen LogP contribution is -2.59. The van der Waals surface area contributed by atoms with Crippen LogP contribution in [0.3, 0.4) is 0 Å². The van der Waals surface area contributed by atoms with Gasteiger partial charge in [0.05, 0.1) is 19.3 Å². The van der Waals surface area contributed by atoms with E-state index in [1.807, 2.05) is 0 Å². The molecule has 0 aliphatic carbocycles. The van der Waals surface area contributed by atoms with Crippen molar-refractivity contribution < 1.29 is 24.8 Å². The van der Waals surface area contributed by atoms with Gasteiger partial charge in [0.25, 0.3) is 0 Å². The minimum Gasteiger partial charge on any atom is -0.393 e. The topological polar surface area (TPSA) is 134 Å². The van der Waals surface area contributed by atoms with Crippen molar-refractivity contribution in [1.29, 1.82) is 0 Å². The zero-order chi connectivity index (χ0) is 12.0. The number of aromatic nitrogens is 4. The molecular weight excluding hydrogens is 232 g/mol. The summed E-state index contributed by atoms with van der Waals surface area (Å²) in [7, 11) is 0. The number of tetrazole rings is 1. The number of H-pyrrole nitrogens is 1. The highest BCUT2D eigenvalue weighted by molar-refractivity contribution is 5.11. The normalized spacial score (nSPS) is 45.1. The summed E-state index contributed by atoms with van der Waals surface area (Å²) in [6, 6.07) is 0. The SMILES string of the molecule is OC[C@@]12CO[C@@H](O1)[C@H](c1nn[nH]n1)[C@@H](O)[C@H]2O. The number of hydrogen-bond donors (Lipinski definition) is 4. The number of rotatable bonds is 2. The smallest absolute Gasteiger partial charge is 0.185 e. The van der Waals surface area contributed by atoms with Gasteiger partial charge in [-0.3, -0.25) is 0 Å². The van der Waals surface area contributed by atoms with Crippen molar-refractivity contribution in [2.75, 3.05) is 13.2 Å². The van der Waals surface area contributed by atoms with Crippen LogP contribution in [0.2, 0.25) is 0 Å². The van der Waals surface area contributed by atoms with Crippen LogP contribution in [0.5, 0.6) is 0 Å². The first-order chi connectivity index (χ1) is 8.18. The molecule has 17 heavy (non-hydrogen) atoms. The first-order valence-electron chi connectivity index (χ1n) is 5.18. The molecule has 0 amide bonds. The minimum absolute atomic E-state index is 0.0146. The molecule has 2 aliphatic rings. The van der Waals surface area contributed by atoms with Gasteiger partial charge in [0.1, 0.15) is 17.6 Å². The summed E-state index contributed by atoms with van der Waals surface area (Å²) in [5.41, 5.74) is -1.26. The number of fused-ring (bicyclic) bond motifs is 2. The number of aromatic amines is 1. The highest BCUT2D eigenvalue weighted by atomic mass is 16.7. The third kappa shape index (κ3) is 1.40. The van der Waals surface area contributed by atoms with Crippen LogP contribution in [0, 0.1) is 0 Å². The van der Waals surface area contributed by atoms with Crippen molar-refractivity contribution >= 4 is 0 Å². The maximum Gasteiger partial charge on any atom is 0.185 e. The average Bonchev–Trinajstić information content (AvgIpc) is 2.96. The van der Waals surface area contributed by atoms with Crippen LogP contribution in [0.15, 0.2) is 0 Å². The van der Waals surface area contributed by atoms with Crippen LogP contribution >= 0.6 is 0 Å². The summed E-state index contributed by atoms with van der Waals surface area (Å²) < 4.78 is 10.8. The highest BCUT2D eigenvalue weighted by Crippen LogP contribution is 2.42. The zero-order valence-corrected chi connectivity index (χ0v) is 8.72. The monoisotopic (exact) mass is 244 g/mol. The third-order valence-corrected chi connectivity index (χ3v) is 3.29. The maximum atomic E-state index is 10.0. The average molecular weight is 244 g/mol. The fourth-order valence-electron chi connectivity index (χ4n) is 2.28. The van der Waals surface area contributed by atoms with Gasteiger partial charge in [-0.05, 0) is 0 Å². The molecule has 2 fully saturated rings. The van der Waals surface area contributed by atoms with E-state index in [1.165, 1.54) is 0 Å². The molecule has 9 nitrogen and oxygen atoms in total. The molecule has 1 aromatic heterocycles. The van der Waals surface area contributed by atoms with Crippen LogP contribution in [-0.2, 0) is 9.47 Å². The van der Waals surface area contributed by atoms with Crippen molar-refractivity contribution in [3.8, 4) is 0 Å². The van der Waals surface area contributed by atoms with Crippen molar-refractivity contribution in [3.05, 3.63) is 5.82 Å². The Morgan fingerprint density at radius 1 is 1.47 bits per heavy atom. The predicted molar refractivity (Wildman–Crippen MR) is 49.6 cm³/mol. The molecule has 94 valence electrons. The van der Waals surface area contributed by atoms with Gasteiger partial charge in [0.2, 0.25) is 0 Å². The molecule has 0 aromatic carbocycles. The standard InChI is InChI=1S/C8H12N4O5/c13-1-8-2-16-7(17-8)3(4(14)5(8)15)6-9-11-12-10-6/h3-5,7,13-15H,1-2H2,(H,9,10,11,12)/t3-,4+,5+,7-,8-/m0/s1. The molecule has 1 aromatic rings. The van der Waals surface area contributed by atoms with Crippen LogP contribution in [-0.4, -0.2) is 73.3 Å². The highest BCUT2D eigenvalue weighted by Gasteiger charge is 2.60. The van der Waals surface area contributed by atoms with Gasteiger partial charge in [-0.15, -0.1) is 10.2 Å². The number of aliphatic hydroxyl groups is 3. The molecule has 3 heterocycles. The van der Waals surface area contributed by atoms with E-state index in [0.29, 0.717) is 0 Å². The molecule has 2 aliphatic heterocycles. The Kier molecular flexibility index (Phi) is 2.38. The summed E-state index contributed by atoms with van der Waals surface area (Å²) in [5, 5.41) is 42.4. The van der Waals surface area contributed by atoms with Gasteiger partial charge in [0.15, 0.2) is 12.1 Å². The first kappa shape index (κ1) is 11.0. The third-order valence-electron chi connectivity index (χ3n) is 3.29. The van der Waals surface area contributed by atoms with Crippen LogP contribution in [0.25, 0.3) is 0 Å². The second-order valence-corrected chi connectivity index (χ2v) is 4.25. The summed E-state index contributed by atoms with van der Waals surface area (Å²) in [4.78, 5) is 0. The van der Waals surface area contributed by atoms with E-state index < -0.39 is 36.6 Å². The molecule has 0 saturated carbocycles. The molecule has 0 spiro atoms. The maximum absolute atomic E-state index is 10.0. The first-order valence-corrected chi connectivity index (χ1v) is 5.18. The lowest BCUT2D eigenvalue weighted by molar-refractivity contribution is -0.232. The lowest BCUT2D eigenvalue weighted by atomic mass is 9.84. The number of aliphatic hydroxyl groups excluding tert-OH is 3. The fourth-order valence-corrected chi connectivity index (χ4v) is 2.28. The van der Waals surface area contributed by atoms with Gasteiger partial charge in [-0.1, -0.05) is 5.21 Å². The molecule has 4 N–H and O–H groups in total. The number of nitrogens with zero attached hydrogens (tertiary/aromatic N) is 3. The molecule has 0 unspecified atom stereocenters. The second-order valence-electron chi connectivity index (χ2n) is 4.25. The molecular formula is C8H12N4O5. The van der Waals surface area contributed by atoms with Gasteiger partial charge in [0, 0.05) is 0 Å². The van der Waals surface area contributed by atoms with Crippen molar-refractivity contribution in [1.82, 2.24) is 20.6 Å². The van der Waals surface area contributed by atoms with E-state index in [9.17, 15) is 15.3 Å². The van der Waals surface area contributed by atoms with Crippen molar-refractivity contribution in [2.24, 2.45) is 0 Å². The summed E-state index contributed by atoms with van der Waals surface area (Å²) >= 11 is 0. The predicted octanol–water partition coefficient (Wildman–Crippen LogP) is -2.88. The molecule has 5 atom stereocenters. The Labute approximate surface area is 95.4 Å². The molecule has 2 bridgehead atoms. The Bertz CT molecular complexity index is 401. The molecule has 2 saturated heterocycles. The second kappa shape index (κ2) is 3.68. The Morgan fingerprint density at radius 2 is 2.29 bits per heavy atom. The van der Waals surface area contributed by atoms with E-state index >= 15 is 0 Å². The summed E-state index contributed by atoms with van der Waals surface area (Å²) in [5.74, 6) is -0.527. The van der Waals surface area contributed by atoms with Crippen LogP contribution in [0.1, 0.15) is 11.7 Å². The minimum atomic E-state index is -1.27. The summed E-state index contributed by atoms with van der Waals surface area (Å²) in [6.07, 6.45) is -3.24.